The first-order chi connectivity index (χ1) is 17.7. The molecule has 0 bridgehead atoms. The van der Waals surface area contributed by atoms with E-state index in [1.165, 1.54) is 31.4 Å². The van der Waals surface area contributed by atoms with E-state index in [1.54, 1.807) is 32.0 Å². The van der Waals surface area contributed by atoms with Gasteiger partial charge in [-0.3, -0.25) is 14.5 Å². The first-order valence-electron chi connectivity index (χ1n) is 11.5. The number of esters is 1. The second-order valence-electron chi connectivity index (χ2n) is 8.45. The Bertz CT molecular complexity index is 1410. The molecule has 1 aliphatic heterocycles. The Balaban J connectivity index is 1.89. The summed E-state index contributed by atoms with van der Waals surface area (Å²) in [4.78, 5) is 44.4. The monoisotopic (exact) mass is 524 g/mol. The molecule has 0 radical (unpaired) electrons. The number of hydrogen-bond acceptors (Lipinski definition) is 8. The molecule has 3 aromatic rings. The summed E-state index contributed by atoms with van der Waals surface area (Å²) >= 11 is 0.891. The molecule has 4 rings (SSSR count). The summed E-state index contributed by atoms with van der Waals surface area (Å²) in [5, 5.41) is 11.4. The number of amides is 1. The van der Waals surface area contributed by atoms with Crippen molar-refractivity contribution < 1.29 is 33.4 Å². The first-order valence-corrected chi connectivity index (χ1v) is 12.4. The van der Waals surface area contributed by atoms with Crippen LogP contribution in [0.25, 0.3) is 5.76 Å². The summed E-state index contributed by atoms with van der Waals surface area (Å²) in [6.07, 6.45) is 0.829. The van der Waals surface area contributed by atoms with Crippen LogP contribution >= 0.6 is 11.3 Å². The Labute approximate surface area is 217 Å². The molecular weight excluding hydrogens is 499 g/mol. The molecule has 1 aromatic heterocycles. The number of aliphatic hydroxyl groups excluding tert-OH is 1. The smallest absolute Gasteiger partial charge is 0.350 e. The number of benzene rings is 2. The number of carbonyl (C=O) groups is 3. The van der Waals surface area contributed by atoms with Gasteiger partial charge in [0, 0.05) is 5.56 Å². The zero-order valence-electron chi connectivity index (χ0n) is 20.7. The van der Waals surface area contributed by atoms with Gasteiger partial charge in [-0.1, -0.05) is 30.4 Å². The van der Waals surface area contributed by atoms with Crippen molar-refractivity contribution in [1.29, 1.82) is 0 Å². The topological polar surface area (TPSA) is 106 Å². The average Bonchev–Trinajstić information content (AvgIpc) is 3.39. The zero-order chi connectivity index (χ0) is 26.9. The van der Waals surface area contributed by atoms with Gasteiger partial charge in [-0.05, 0) is 61.7 Å². The fourth-order valence-corrected chi connectivity index (χ4v) is 5.13. The predicted molar refractivity (Wildman–Crippen MR) is 136 cm³/mol. The van der Waals surface area contributed by atoms with Gasteiger partial charge in [-0.25, -0.2) is 14.2 Å². The van der Waals surface area contributed by atoms with Crippen molar-refractivity contribution in [1.82, 2.24) is 4.98 Å². The minimum absolute atomic E-state index is 0.0772. The van der Waals surface area contributed by atoms with E-state index in [2.05, 4.69) is 4.98 Å². The quantitative estimate of drug-likeness (QED) is 0.198. The standard InChI is InChI=1S/C27H25FN2O6S/c1-5-12-36-18-10-11-19(14(2)13-18)22(31)20-21(16-6-8-17(28)9-7-16)30(25(33)23(20)32)27-29-15(3)24(37-27)26(34)35-4/h6-11,13,21,31H,5,12H2,1-4H3/t21-/m1/s1. The Morgan fingerprint density at radius 2 is 1.86 bits per heavy atom. The van der Waals surface area contributed by atoms with Gasteiger partial charge in [0.2, 0.25) is 0 Å². The van der Waals surface area contributed by atoms with Crippen LogP contribution in [0.2, 0.25) is 0 Å². The van der Waals surface area contributed by atoms with E-state index >= 15 is 0 Å². The number of methoxy groups -OCH3 is 1. The van der Waals surface area contributed by atoms with Crippen LogP contribution in [-0.4, -0.2) is 41.5 Å². The van der Waals surface area contributed by atoms with E-state index in [9.17, 15) is 23.9 Å². The Kier molecular flexibility index (Phi) is 7.40. The molecule has 10 heteroatoms. The second kappa shape index (κ2) is 10.5. The van der Waals surface area contributed by atoms with Crippen LogP contribution in [0.3, 0.4) is 0 Å². The van der Waals surface area contributed by atoms with E-state index in [0.29, 0.717) is 34.7 Å². The van der Waals surface area contributed by atoms with Crippen LogP contribution in [0.15, 0.2) is 48.0 Å². The first kappa shape index (κ1) is 26.0. The SMILES string of the molecule is CCCOc1ccc(C(O)=C2C(=O)C(=O)N(c3nc(C)c(C(=O)OC)s3)[C@@H]2c2ccc(F)cc2)c(C)c1. The number of thiazole rings is 1. The number of Topliss-reactive ketones (excluding diaryl/α,β-unsaturated/α-hetero) is 1. The van der Waals surface area contributed by atoms with Crippen LogP contribution in [-0.2, 0) is 14.3 Å². The largest absolute Gasteiger partial charge is 0.507 e. The Morgan fingerprint density at radius 3 is 2.49 bits per heavy atom. The van der Waals surface area contributed by atoms with E-state index in [-0.39, 0.29) is 21.3 Å². The number of ketones is 1. The van der Waals surface area contributed by atoms with Crippen LogP contribution in [0, 0.1) is 19.7 Å². The summed E-state index contributed by atoms with van der Waals surface area (Å²) in [5.41, 5.74) is 1.52. The Hall–Kier alpha value is -4.05. The van der Waals surface area contributed by atoms with Crippen molar-refractivity contribution in [2.45, 2.75) is 33.2 Å². The fourth-order valence-electron chi connectivity index (χ4n) is 4.11. The van der Waals surface area contributed by atoms with Crippen molar-refractivity contribution in [3.63, 3.8) is 0 Å². The maximum absolute atomic E-state index is 13.7. The molecule has 0 unspecified atom stereocenters. The molecule has 37 heavy (non-hydrogen) atoms. The second-order valence-corrected chi connectivity index (χ2v) is 9.43. The van der Waals surface area contributed by atoms with E-state index in [4.69, 9.17) is 9.47 Å². The number of ether oxygens (including phenoxy) is 2. The molecule has 1 fully saturated rings. The summed E-state index contributed by atoms with van der Waals surface area (Å²) < 4.78 is 24.2. The lowest BCUT2D eigenvalue weighted by molar-refractivity contribution is -0.132. The minimum Gasteiger partial charge on any atom is -0.507 e. The summed E-state index contributed by atoms with van der Waals surface area (Å²) in [7, 11) is 1.23. The lowest BCUT2D eigenvalue weighted by Gasteiger charge is -2.23. The van der Waals surface area contributed by atoms with Crippen LogP contribution in [0.1, 0.15) is 51.4 Å². The maximum Gasteiger partial charge on any atom is 0.350 e. The molecule has 2 aromatic carbocycles. The highest BCUT2D eigenvalue weighted by atomic mass is 32.1. The molecule has 0 aliphatic carbocycles. The van der Waals surface area contributed by atoms with Gasteiger partial charge in [-0.15, -0.1) is 0 Å². The summed E-state index contributed by atoms with van der Waals surface area (Å²) in [6, 6.07) is 9.19. The predicted octanol–water partition coefficient (Wildman–Crippen LogP) is 5.10. The van der Waals surface area contributed by atoms with E-state index in [0.717, 1.165) is 22.7 Å². The minimum atomic E-state index is -1.10. The van der Waals surface area contributed by atoms with Crippen LogP contribution in [0.4, 0.5) is 9.52 Å². The molecule has 0 spiro atoms. The molecule has 1 amide bonds. The number of hydrogen-bond donors (Lipinski definition) is 1. The molecule has 1 N–H and O–H groups in total. The summed E-state index contributed by atoms with van der Waals surface area (Å²) in [6.45, 7) is 5.85. The van der Waals surface area contributed by atoms with Crippen LogP contribution < -0.4 is 9.64 Å². The summed E-state index contributed by atoms with van der Waals surface area (Å²) in [5.74, 6) is -2.75. The average molecular weight is 525 g/mol. The third-order valence-corrected chi connectivity index (χ3v) is 7.05. The van der Waals surface area contributed by atoms with Gasteiger partial charge < -0.3 is 14.6 Å². The maximum atomic E-state index is 13.7. The number of anilines is 1. The molecular formula is C27H25FN2O6S. The number of aromatic nitrogens is 1. The molecule has 1 atom stereocenters. The molecule has 0 saturated carbocycles. The van der Waals surface area contributed by atoms with Crippen molar-refractivity contribution >= 4 is 39.9 Å². The third-order valence-electron chi connectivity index (χ3n) is 5.92. The van der Waals surface area contributed by atoms with Gasteiger partial charge in [0.05, 0.1) is 31.0 Å². The van der Waals surface area contributed by atoms with Gasteiger partial charge in [0.15, 0.2) is 5.13 Å². The third kappa shape index (κ3) is 4.84. The lowest BCUT2D eigenvalue weighted by atomic mass is 9.94. The molecule has 1 aliphatic rings. The van der Waals surface area contributed by atoms with Crippen molar-refractivity contribution in [3.8, 4) is 5.75 Å². The normalized spacial score (nSPS) is 16.8. The number of halogens is 1. The fraction of sp³-hybridized carbons (Fsp3) is 0.259. The number of nitrogens with zero attached hydrogens (tertiary/aromatic N) is 2. The van der Waals surface area contributed by atoms with Gasteiger partial charge in [-0.2, -0.15) is 0 Å². The van der Waals surface area contributed by atoms with Crippen molar-refractivity contribution in [2.75, 3.05) is 18.6 Å². The lowest BCUT2D eigenvalue weighted by Crippen LogP contribution is -2.29. The number of aliphatic hydroxyl groups is 1. The van der Waals surface area contributed by atoms with Crippen LogP contribution in [0.5, 0.6) is 5.75 Å². The van der Waals surface area contributed by atoms with Crippen molar-refractivity contribution in [2.24, 2.45) is 0 Å². The molecule has 8 nitrogen and oxygen atoms in total. The molecule has 2 heterocycles. The highest BCUT2D eigenvalue weighted by Crippen LogP contribution is 2.44. The van der Waals surface area contributed by atoms with E-state index in [1.807, 2.05) is 6.92 Å². The number of aryl methyl sites for hydroxylation is 2. The highest BCUT2D eigenvalue weighted by Gasteiger charge is 2.48. The number of rotatable bonds is 7. The van der Waals surface area contributed by atoms with E-state index < -0.39 is 29.5 Å². The van der Waals surface area contributed by atoms with Gasteiger partial charge in [0.1, 0.15) is 22.2 Å². The number of carbonyl (C=O) groups excluding carboxylic acids is 3. The molecule has 192 valence electrons. The highest BCUT2D eigenvalue weighted by molar-refractivity contribution is 7.17. The Morgan fingerprint density at radius 1 is 1.16 bits per heavy atom. The van der Waals surface area contributed by atoms with Gasteiger partial charge >= 0.3 is 11.9 Å². The zero-order valence-corrected chi connectivity index (χ0v) is 21.5. The van der Waals surface area contributed by atoms with Gasteiger partial charge in [0.25, 0.3) is 5.78 Å². The molecule has 1 saturated heterocycles. The van der Waals surface area contributed by atoms with Crippen molar-refractivity contribution in [3.05, 3.63) is 81.1 Å².